The molecule has 0 amide bonds. The van der Waals surface area contributed by atoms with E-state index in [9.17, 15) is 18.5 Å². The first kappa shape index (κ1) is 18.5. The molecule has 0 aliphatic heterocycles. The van der Waals surface area contributed by atoms with Gasteiger partial charge in [0.15, 0.2) is 0 Å². The van der Waals surface area contributed by atoms with E-state index in [1.165, 1.54) is 0 Å². The van der Waals surface area contributed by atoms with Gasteiger partial charge in [0.05, 0.1) is 35.2 Å². The minimum Gasteiger partial charge on any atom is -0.462 e. The van der Waals surface area contributed by atoms with Gasteiger partial charge in [0, 0.05) is 17.3 Å². The number of carbonyl (C=O) groups is 1. The Morgan fingerprint density at radius 3 is 2.52 bits per heavy atom. The lowest BCUT2D eigenvalue weighted by molar-refractivity contribution is 0.0526. The lowest BCUT2D eigenvalue weighted by Crippen LogP contribution is -2.09. The molecule has 27 heavy (non-hydrogen) atoms. The van der Waals surface area contributed by atoms with E-state index in [4.69, 9.17) is 4.74 Å². The number of carbonyl (C=O) groups excluding carboxylic acids is 1. The number of benzene rings is 2. The number of rotatable bonds is 5. The molecule has 1 aromatic heterocycles. The van der Waals surface area contributed by atoms with Crippen molar-refractivity contribution >= 4 is 32.6 Å². The Morgan fingerprint density at radius 2 is 1.93 bits per heavy atom. The molecule has 0 saturated heterocycles. The second-order valence-electron chi connectivity index (χ2n) is 5.90. The van der Waals surface area contributed by atoms with E-state index < -0.39 is 16.0 Å². The first-order valence-corrected chi connectivity index (χ1v) is 10.0. The van der Waals surface area contributed by atoms with Crippen molar-refractivity contribution in [3.8, 4) is 11.8 Å². The smallest absolute Gasteiger partial charge is 0.338 e. The van der Waals surface area contributed by atoms with Gasteiger partial charge in [-0.05, 0) is 49.4 Å². The van der Waals surface area contributed by atoms with Gasteiger partial charge in [-0.2, -0.15) is 5.26 Å². The number of hydrogen-bond acceptors (Lipinski definition) is 5. The average molecular weight is 383 g/mol. The standard InChI is InChI=1S/C19H17N3O4S/c1-3-26-19(23)13-4-7-16(8-5-13)22-12-14(11-20)17-9-6-15(10-18(17)22)21-27(2,24)25/h4-10,12,21H,3H2,1-2H3. The van der Waals surface area contributed by atoms with Crippen molar-refractivity contribution in [1.29, 1.82) is 5.26 Å². The molecule has 0 atom stereocenters. The van der Waals surface area contributed by atoms with Gasteiger partial charge in [-0.25, -0.2) is 13.2 Å². The van der Waals surface area contributed by atoms with Crippen LogP contribution in [0.4, 0.5) is 5.69 Å². The normalized spacial score (nSPS) is 11.1. The Kier molecular flexibility index (Phi) is 4.88. The van der Waals surface area contributed by atoms with E-state index in [1.54, 1.807) is 60.2 Å². The second kappa shape index (κ2) is 7.13. The number of nitriles is 1. The Bertz CT molecular complexity index is 1160. The van der Waals surface area contributed by atoms with Crippen LogP contribution in [-0.2, 0) is 14.8 Å². The highest BCUT2D eigenvalue weighted by Crippen LogP contribution is 2.28. The molecule has 0 saturated carbocycles. The summed E-state index contributed by atoms with van der Waals surface area (Å²) in [5, 5.41) is 10.1. The van der Waals surface area contributed by atoms with Crippen molar-refractivity contribution in [1.82, 2.24) is 4.57 Å². The van der Waals surface area contributed by atoms with Gasteiger partial charge >= 0.3 is 5.97 Å². The number of ether oxygens (including phenoxy) is 1. The summed E-state index contributed by atoms with van der Waals surface area (Å²) in [4.78, 5) is 11.8. The zero-order valence-electron chi connectivity index (χ0n) is 14.8. The third kappa shape index (κ3) is 3.93. The molecular formula is C19H17N3O4S. The third-order valence-corrected chi connectivity index (χ3v) is 4.49. The highest BCUT2D eigenvalue weighted by molar-refractivity contribution is 7.92. The number of hydrogen-bond donors (Lipinski definition) is 1. The molecule has 7 nitrogen and oxygen atoms in total. The van der Waals surface area contributed by atoms with E-state index in [0.29, 0.717) is 34.3 Å². The summed E-state index contributed by atoms with van der Waals surface area (Å²) in [6.45, 7) is 2.04. The predicted octanol–water partition coefficient (Wildman–Crippen LogP) is 3.05. The van der Waals surface area contributed by atoms with Crippen LogP contribution < -0.4 is 4.72 Å². The number of fused-ring (bicyclic) bond motifs is 1. The SMILES string of the molecule is CCOC(=O)c1ccc(-n2cc(C#N)c3ccc(NS(C)(=O)=O)cc32)cc1. The Labute approximate surface area is 156 Å². The number of nitrogens with one attached hydrogen (secondary N) is 1. The lowest BCUT2D eigenvalue weighted by Gasteiger charge is -2.09. The number of sulfonamides is 1. The maximum atomic E-state index is 11.8. The molecule has 138 valence electrons. The topological polar surface area (TPSA) is 101 Å². The molecule has 8 heteroatoms. The van der Waals surface area contributed by atoms with Gasteiger partial charge in [0.2, 0.25) is 10.0 Å². The van der Waals surface area contributed by atoms with Crippen LogP contribution in [-0.4, -0.2) is 31.8 Å². The van der Waals surface area contributed by atoms with Crippen LogP contribution in [0.2, 0.25) is 0 Å². The van der Waals surface area contributed by atoms with E-state index >= 15 is 0 Å². The monoisotopic (exact) mass is 383 g/mol. The molecule has 0 aliphatic rings. The molecule has 0 unspecified atom stereocenters. The minimum atomic E-state index is -3.42. The molecule has 1 N–H and O–H groups in total. The van der Waals surface area contributed by atoms with E-state index in [1.807, 2.05) is 0 Å². The quantitative estimate of drug-likeness (QED) is 0.683. The van der Waals surface area contributed by atoms with Crippen LogP contribution in [0.3, 0.4) is 0 Å². The van der Waals surface area contributed by atoms with Gasteiger partial charge < -0.3 is 9.30 Å². The zero-order valence-corrected chi connectivity index (χ0v) is 15.6. The van der Waals surface area contributed by atoms with Crippen LogP contribution in [0.5, 0.6) is 0 Å². The van der Waals surface area contributed by atoms with E-state index in [-0.39, 0.29) is 0 Å². The summed E-state index contributed by atoms with van der Waals surface area (Å²) < 4.78 is 32.2. The average Bonchev–Trinajstić information content (AvgIpc) is 2.98. The van der Waals surface area contributed by atoms with Crippen LogP contribution in [0, 0.1) is 11.3 Å². The minimum absolute atomic E-state index is 0.296. The molecule has 0 radical (unpaired) electrons. The van der Waals surface area contributed by atoms with Crippen molar-refractivity contribution in [2.45, 2.75) is 6.92 Å². The second-order valence-corrected chi connectivity index (χ2v) is 7.65. The molecule has 0 spiro atoms. The van der Waals surface area contributed by atoms with Gasteiger partial charge in [-0.15, -0.1) is 0 Å². The molecule has 0 bridgehead atoms. The fraction of sp³-hybridized carbons (Fsp3) is 0.158. The van der Waals surface area contributed by atoms with Crippen LogP contribution in [0.1, 0.15) is 22.8 Å². The predicted molar refractivity (Wildman–Crippen MR) is 102 cm³/mol. The molecule has 2 aromatic carbocycles. The number of esters is 1. The maximum absolute atomic E-state index is 11.8. The zero-order chi connectivity index (χ0) is 19.6. The van der Waals surface area contributed by atoms with E-state index in [0.717, 1.165) is 11.9 Å². The Hall–Kier alpha value is -3.31. The van der Waals surface area contributed by atoms with Crippen LogP contribution >= 0.6 is 0 Å². The summed E-state index contributed by atoms with van der Waals surface area (Å²) in [5.74, 6) is -0.404. The molecule has 3 aromatic rings. The van der Waals surface area contributed by atoms with Gasteiger partial charge in [-0.1, -0.05) is 0 Å². The highest BCUT2D eigenvalue weighted by Gasteiger charge is 2.13. The van der Waals surface area contributed by atoms with Crippen molar-refractivity contribution in [3.05, 3.63) is 59.8 Å². The van der Waals surface area contributed by atoms with Crippen molar-refractivity contribution in [2.24, 2.45) is 0 Å². The largest absolute Gasteiger partial charge is 0.462 e. The highest BCUT2D eigenvalue weighted by atomic mass is 32.2. The first-order chi connectivity index (χ1) is 12.8. The van der Waals surface area contributed by atoms with Gasteiger partial charge in [0.25, 0.3) is 0 Å². The lowest BCUT2D eigenvalue weighted by atomic mass is 10.1. The first-order valence-electron chi connectivity index (χ1n) is 8.13. The molecule has 3 rings (SSSR count). The van der Waals surface area contributed by atoms with Gasteiger partial charge in [-0.3, -0.25) is 4.72 Å². The maximum Gasteiger partial charge on any atom is 0.338 e. The van der Waals surface area contributed by atoms with E-state index in [2.05, 4.69) is 10.8 Å². The molecular weight excluding hydrogens is 366 g/mol. The summed E-state index contributed by atoms with van der Waals surface area (Å²) in [5.41, 5.74) is 2.69. The van der Waals surface area contributed by atoms with Crippen LogP contribution in [0.15, 0.2) is 48.7 Å². The molecule has 0 fully saturated rings. The van der Waals surface area contributed by atoms with Crippen molar-refractivity contribution < 1.29 is 17.9 Å². The number of nitrogens with zero attached hydrogens (tertiary/aromatic N) is 2. The molecule has 1 heterocycles. The summed E-state index contributed by atoms with van der Waals surface area (Å²) in [7, 11) is -3.42. The Balaban J connectivity index is 2.09. The summed E-state index contributed by atoms with van der Waals surface area (Å²) in [6.07, 6.45) is 2.75. The fourth-order valence-corrected chi connectivity index (χ4v) is 3.33. The van der Waals surface area contributed by atoms with Crippen LogP contribution in [0.25, 0.3) is 16.6 Å². The number of anilines is 1. The number of aromatic nitrogens is 1. The third-order valence-electron chi connectivity index (χ3n) is 3.89. The van der Waals surface area contributed by atoms with Crippen molar-refractivity contribution in [3.63, 3.8) is 0 Å². The fourth-order valence-electron chi connectivity index (χ4n) is 2.78. The van der Waals surface area contributed by atoms with Gasteiger partial charge in [0.1, 0.15) is 6.07 Å². The summed E-state index contributed by atoms with van der Waals surface area (Å²) >= 11 is 0. The molecule has 0 aliphatic carbocycles. The Morgan fingerprint density at radius 1 is 1.22 bits per heavy atom. The summed E-state index contributed by atoms with van der Waals surface area (Å²) in [6, 6.07) is 13.9. The van der Waals surface area contributed by atoms with Crippen molar-refractivity contribution in [2.75, 3.05) is 17.6 Å².